The molecule has 144 valence electrons. The predicted molar refractivity (Wildman–Crippen MR) is 103 cm³/mol. The number of sulfonamides is 1. The Kier molecular flexibility index (Phi) is 4.48. The zero-order valence-electron chi connectivity index (χ0n) is 15.0. The number of non-ortho nitro benzene ring substituents is 1. The topological polar surface area (TPSA) is 103 Å². The lowest BCUT2D eigenvalue weighted by Gasteiger charge is -2.37. The second kappa shape index (κ2) is 6.84. The van der Waals surface area contributed by atoms with E-state index in [0.717, 1.165) is 17.0 Å². The summed E-state index contributed by atoms with van der Waals surface area (Å²) < 4.78 is 32.7. The van der Waals surface area contributed by atoms with E-state index in [1.54, 1.807) is 13.0 Å². The van der Waals surface area contributed by atoms with Crippen molar-refractivity contribution in [3.05, 3.63) is 70.3 Å². The van der Waals surface area contributed by atoms with E-state index in [0.29, 0.717) is 11.4 Å². The number of ether oxygens (including phenoxy) is 1. The van der Waals surface area contributed by atoms with Gasteiger partial charge in [-0.2, -0.15) is 4.31 Å². The van der Waals surface area contributed by atoms with Crippen molar-refractivity contribution in [2.75, 3.05) is 13.1 Å². The molecule has 1 saturated heterocycles. The van der Waals surface area contributed by atoms with Crippen LogP contribution in [0, 0.1) is 17.0 Å². The van der Waals surface area contributed by atoms with E-state index < -0.39 is 14.9 Å². The Hall–Kier alpha value is -3.04. The quantitative estimate of drug-likeness (QED) is 0.483. The van der Waals surface area contributed by atoms with E-state index in [9.17, 15) is 18.5 Å². The first kappa shape index (κ1) is 18.3. The first-order chi connectivity index (χ1) is 13.3. The SMILES string of the molecule is Cc1ccc([N+](=O)[O-])cc1S(=O)(=O)N1CC(Oc2ccc3ccccc3n2)C1. The van der Waals surface area contributed by atoms with Gasteiger partial charge in [0.25, 0.3) is 5.69 Å². The standard InChI is InChI=1S/C19H17N3O5S/c1-13-6-8-15(22(23)24)10-18(13)28(25,26)21-11-16(12-21)27-19-9-7-14-4-2-3-5-17(14)20-19/h2-10,16H,11-12H2,1H3. The number of rotatable bonds is 5. The number of nitro groups is 1. The number of benzene rings is 2. The first-order valence-electron chi connectivity index (χ1n) is 8.62. The van der Waals surface area contributed by atoms with Crippen LogP contribution < -0.4 is 4.74 Å². The summed E-state index contributed by atoms with van der Waals surface area (Å²) in [7, 11) is -3.82. The molecule has 0 bridgehead atoms. The molecule has 0 atom stereocenters. The number of fused-ring (bicyclic) bond motifs is 1. The molecule has 4 rings (SSSR count). The molecule has 3 aromatic rings. The maximum absolute atomic E-state index is 12.8. The number of aromatic nitrogens is 1. The smallest absolute Gasteiger partial charge is 0.270 e. The maximum Gasteiger partial charge on any atom is 0.270 e. The van der Waals surface area contributed by atoms with Gasteiger partial charge in [-0.15, -0.1) is 0 Å². The van der Waals surface area contributed by atoms with Crippen LogP contribution in [0.2, 0.25) is 0 Å². The van der Waals surface area contributed by atoms with Gasteiger partial charge in [-0.3, -0.25) is 10.1 Å². The van der Waals surface area contributed by atoms with Crippen molar-refractivity contribution in [1.82, 2.24) is 9.29 Å². The molecule has 28 heavy (non-hydrogen) atoms. The van der Waals surface area contributed by atoms with Crippen LogP contribution in [0.25, 0.3) is 10.9 Å². The predicted octanol–water partition coefficient (Wildman–Crippen LogP) is 2.90. The number of para-hydroxylation sites is 1. The average molecular weight is 399 g/mol. The molecule has 0 N–H and O–H groups in total. The normalized spacial score (nSPS) is 15.3. The molecule has 2 heterocycles. The molecule has 8 nitrogen and oxygen atoms in total. The van der Waals surface area contributed by atoms with Gasteiger partial charge in [0.2, 0.25) is 15.9 Å². The fourth-order valence-electron chi connectivity index (χ4n) is 3.07. The van der Waals surface area contributed by atoms with Crippen LogP contribution in [0.3, 0.4) is 0 Å². The van der Waals surface area contributed by atoms with E-state index in [1.165, 1.54) is 16.4 Å². The summed E-state index contributed by atoms with van der Waals surface area (Å²) in [6, 6.07) is 15.1. The molecule has 0 spiro atoms. The second-order valence-electron chi connectivity index (χ2n) is 6.61. The first-order valence-corrected chi connectivity index (χ1v) is 10.1. The highest BCUT2D eigenvalue weighted by Gasteiger charge is 2.39. The van der Waals surface area contributed by atoms with Gasteiger partial charge in [0, 0.05) is 23.6 Å². The highest BCUT2D eigenvalue weighted by molar-refractivity contribution is 7.89. The fourth-order valence-corrected chi connectivity index (χ4v) is 4.82. The van der Waals surface area contributed by atoms with E-state index in [2.05, 4.69) is 4.98 Å². The number of pyridine rings is 1. The van der Waals surface area contributed by atoms with Crippen LogP contribution in [0.4, 0.5) is 5.69 Å². The maximum atomic E-state index is 12.8. The average Bonchev–Trinajstić information content (AvgIpc) is 2.64. The van der Waals surface area contributed by atoms with E-state index in [4.69, 9.17) is 4.74 Å². The monoisotopic (exact) mass is 399 g/mol. The lowest BCUT2D eigenvalue weighted by atomic mass is 10.2. The summed E-state index contributed by atoms with van der Waals surface area (Å²) in [4.78, 5) is 14.7. The van der Waals surface area contributed by atoms with Crippen molar-refractivity contribution in [1.29, 1.82) is 0 Å². The molecule has 2 aromatic carbocycles. The van der Waals surface area contributed by atoms with Gasteiger partial charge < -0.3 is 4.74 Å². The highest BCUT2D eigenvalue weighted by atomic mass is 32.2. The van der Waals surface area contributed by atoms with Crippen LogP contribution >= 0.6 is 0 Å². The Bertz CT molecular complexity index is 1170. The van der Waals surface area contributed by atoms with Crippen molar-refractivity contribution in [3.63, 3.8) is 0 Å². The van der Waals surface area contributed by atoms with Crippen LogP contribution in [0.1, 0.15) is 5.56 Å². The van der Waals surface area contributed by atoms with Gasteiger partial charge in [-0.1, -0.05) is 24.3 Å². The third-order valence-electron chi connectivity index (χ3n) is 4.68. The van der Waals surface area contributed by atoms with Crippen molar-refractivity contribution < 1.29 is 18.1 Å². The Morgan fingerprint density at radius 3 is 2.64 bits per heavy atom. The Balaban J connectivity index is 1.48. The Morgan fingerprint density at radius 2 is 1.89 bits per heavy atom. The van der Waals surface area contributed by atoms with Gasteiger partial charge in [-0.25, -0.2) is 13.4 Å². The molecule has 9 heteroatoms. The number of nitro benzene ring substituents is 1. The highest BCUT2D eigenvalue weighted by Crippen LogP contribution is 2.29. The van der Waals surface area contributed by atoms with Gasteiger partial charge in [0.1, 0.15) is 6.10 Å². The molecule has 0 radical (unpaired) electrons. The van der Waals surface area contributed by atoms with Crippen LogP contribution in [0.15, 0.2) is 59.5 Å². The summed E-state index contributed by atoms with van der Waals surface area (Å²) >= 11 is 0. The third-order valence-corrected chi connectivity index (χ3v) is 6.65. The van der Waals surface area contributed by atoms with Crippen molar-refractivity contribution in [2.45, 2.75) is 17.9 Å². The second-order valence-corrected chi connectivity index (χ2v) is 8.52. The molecular weight excluding hydrogens is 382 g/mol. The lowest BCUT2D eigenvalue weighted by molar-refractivity contribution is -0.385. The van der Waals surface area contributed by atoms with E-state index >= 15 is 0 Å². The minimum Gasteiger partial charge on any atom is -0.472 e. The lowest BCUT2D eigenvalue weighted by Crippen LogP contribution is -2.56. The number of hydrogen-bond acceptors (Lipinski definition) is 6. The van der Waals surface area contributed by atoms with Gasteiger partial charge >= 0.3 is 0 Å². The summed E-state index contributed by atoms with van der Waals surface area (Å²) in [6.45, 7) is 1.95. The molecular formula is C19H17N3O5S. The van der Waals surface area contributed by atoms with Crippen LogP contribution in [-0.4, -0.2) is 41.8 Å². The van der Waals surface area contributed by atoms with Crippen LogP contribution in [0.5, 0.6) is 5.88 Å². The molecule has 0 amide bonds. The number of hydrogen-bond donors (Lipinski definition) is 0. The Morgan fingerprint density at radius 1 is 1.14 bits per heavy atom. The van der Waals surface area contributed by atoms with Gasteiger partial charge in [0.05, 0.1) is 28.4 Å². The van der Waals surface area contributed by atoms with Crippen molar-refractivity contribution >= 4 is 26.6 Å². The zero-order valence-corrected chi connectivity index (χ0v) is 15.8. The zero-order chi connectivity index (χ0) is 19.9. The van der Waals surface area contributed by atoms with Crippen molar-refractivity contribution in [2.24, 2.45) is 0 Å². The summed E-state index contributed by atoms with van der Waals surface area (Å²) in [5, 5.41) is 12.0. The summed E-state index contributed by atoms with van der Waals surface area (Å²) in [5.41, 5.74) is 1.01. The minimum atomic E-state index is -3.82. The van der Waals surface area contributed by atoms with Gasteiger partial charge in [-0.05, 0) is 24.6 Å². The van der Waals surface area contributed by atoms with E-state index in [1.807, 2.05) is 30.3 Å². The molecule has 1 aromatic heterocycles. The number of nitrogens with zero attached hydrogens (tertiary/aromatic N) is 3. The number of aryl methyl sites for hydroxylation is 1. The van der Waals surface area contributed by atoms with Crippen molar-refractivity contribution in [3.8, 4) is 5.88 Å². The minimum absolute atomic E-state index is 0.0519. The summed E-state index contributed by atoms with van der Waals surface area (Å²) in [6.07, 6.45) is -0.317. The van der Waals surface area contributed by atoms with E-state index in [-0.39, 0.29) is 29.8 Å². The molecule has 0 saturated carbocycles. The summed E-state index contributed by atoms with van der Waals surface area (Å²) in [5.74, 6) is 0.437. The molecule has 1 fully saturated rings. The molecule has 1 aliphatic heterocycles. The fraction of sp³-hybridized carbons (Fsp3) is 0.211. The van der Waals surface area contributed by atoms with Gasteiger partial charge in [0.15, 0.2) is 0 Å². The largest absolute Gasteiger partial charge is 0.472 e. The Labute approximate surface area is 161 Å². The third kappa shape index (κ3) is 3.30. The molecule has 1 aliphatic rings. The van der Waals surface area contributed by atoms with Crippen LogP contribution in [-0.2, 0) is 10.0 Å². The molecule has 0 aliphatic carbocycles. The molecule has 0 unspecified atom stereocenters.